The van der Waals surface area contributed by atoms with Gasteiger partial charge < -0.3 is 10.4 Å². The molecule has 7 heteroatoms. The van der Waals surface area contributed by atoms with Gasteiger partial charge in [0.1, 0.15) is 11.0 Å². The highest BCUT2D eigenvalue weighted by atomic mass is 16.4. The second-order valence-electron chi connectivity index (χ2n) is 4.18. The maximum atomic E-state index is 11.6. The molecule has 1 aromatic carbocycles. The van der Waals surface area contributed by atoms with Crippen molar-refractivity contribution in [3.05, 3.63) is 18.2 Å². The van der Waals surface area contributed by atoms with Gasteiger partial charge in [0.15, 0.2) is 0 Å². The van der Waals surface area contributed by atoms with Gasteiger partial charge in [-0.3, -0.25) is 9.59 Å². The van der Waals surface area contributed by atoms with E-state index in [0.717, 1.165) is 5.52 Å². The fourth-order valence-corrected chi connectivity index (χ4v) is 1.70. The van der Waals surface area contributed by atoms with Gasteiger partial charge in [0.05, 0.1) is 0 Å². The van der Waals surface area contributed by atoms with Gasteiger partial charge in [-0.1, -0.05) is 0 Å². The lowest BCUT2D eigenvalue weighted by atomic mass is 10.2. The van der Waals surface area contributed by atoms with Crippen LogP contribution in [0.15, 0.2) is 18.2 Å². The average Bonchev–Trinajstić information content (AvgIpc) is 2.82. The summed E-state index contributed by atoms with van der Waals surface area (Å²) >= 11 is 0. The Morgan fingerprint density at radius 2 is 1.89 bits per heavy atom. The van der Waals surface area contributed by atoms with Crippen LogP contribution in [-0.4, -0.2) is 32.4 Å². The summed E-state index contributed by atoms with van der Waals surface area (Å²) in [6.07, 6.45) is 1.47. The van der Waals surface area contributed by atoms with Gasteiger partial charge in [-0.25, -0.2) is 0 Å². The number of nitrogens with one attached hydrogen (secondary N) is 2. The first-order valence-electron chi connectivity index (χ1n) is 5.97. The topological polar surface area (TPSA) is 108 Å². The standard InChI is InChI=1S/C12H14N4O3/c17-11(3-1-2-4-12(18)19)13-8-5-6-9-10(7-8)15-16-14-9/h5-7H,1-4H2,(H,13,17)(H,18,19)(H,14,15,16). The minimum atomic E-state index is -0.836. The van der Waals surface area contributed by atoms with Crippen molar-refractivity contribution in [1.82, 2.24) is 15.4 Å². The lowest BCUT2D eigenvalue weighted by molar-refractivity contribution is -0.137. The Morgan fingerprint density at radius 3 is 2.68 bits per heavy atom. The zero-order chi connectivity index (χ0) is 13.7. The highest BCUT2D eigenvalue weighted by molar-refractivity contribution is 5.92. The quantitative estimate of drug-likeness (QED) is 0.684. The summed E-state index contributed by atoms with van der Waals surface area (Å²) in [5.74, 6) is -0.967. The summed E-state index contributed by atoms with van der Waals surface area (Å²) in [6.45, 7) is 0. The summed E-state index contributed by atoms with van der Waals surface area (Å²) < 4.78 is 0. The van der Waals surface area contributed by atoms with E-state index in [0.29, 0.717) is 30.5 Å². The van der Waals surface area contributed by atoms with Crippen LogP contribution in [0.1, 0.15) is 25.7 Å². The number of aliphatic carboxylic acids is 1. The van der Waals surface area contributed by atoms with Crippen LogP contribution in [0.4, 0.5) is 5.69 Å². The van der Waals surface area contributed by atoms with Crippen LogP contribution < -0.4 is 5.32 Å². The number of carbonyl (C=O) groups excluding carboxylic acids is 1. The van der Waals surface area contributed by atoms with E-state index >= 15 is 0 Å². The number of carbonyl (C=O) groups is 2. The van der Waals surface area contributed by atoms with Crippen molar-refractivity contribution in [3.8, 4) is 0 Å². The number of hydrogen-bond acceptors (Lipinski definition) is 4. The summed E-state index contributed by atoms with van der Waals surface area (Å²) in [5, 5.41) is 21.6. The first-order valence-corrected chi connectivity index (χ1v) is 5.97. The molecule has 0 unspecified atom stereocenters. The van der Waals surface area contributed by atoms with Crippen molar-refractivity contribution in [2.45, 2.75) is 25.7 Å². The average molecular weight is 262 g/mol. The molecule has 0 radical (unpaired) electrons. The van der Waals surface area contributed by atoms with Crippen LogP contribution in [0.2, 0.25) is 0 Å². The van der Waals surface area contributed by atoms with Crippen molar-refractivity contribution in [3.63, 3.8) is 0 Å². The van der Waals surface area contributed by atoms with E-state index in [-0.39, 0.29) is 12.3 Å². The summed E-state index contributed by atoms with van der Waals surface area (Å²) in [6, 6.07) is 5.24. The Morgan fingerprint density at radius 1 is 1.16 bits per heavy atom. The number of unbranched alkanes of at least 4 members (excludes halogenated alkanes) is 1. The van der Waals surface area contributed by atoms with Crippen LogP contribution in [0.5, 0.6) is 0 Å². The highest BCUT2D eigenvalue weighted by Crippen LogP contribution is 2.15. The zero-order valence-corrected chi connectivity index (χ0v) is 10.2. The van der Waals surface area contributed by atoms with Crippen LogP contribution in [0.25, 0.3) is 11.0 Å². The van der Waals surface area contributed by atoms with Gasteiger partial charge >= 0.3 is 5.97 Å². The third-order valence-electron chi connectivity index (χ3n) is 2.64. The van der Waals surface area contributed by atoms with E-state index < -0.39 is 5.97 Å². The Balaban J connectivity index is 1.82. The van der Waals surface area contributed by atoms with E-state index in [1.54, 1.807) is 18.2 Å². The summed E-state index contributed by atoms with van der Waals surface area (Å²) in [4.78, 5) is 21.9. The van der Waals surface area contributed by atoms with E-state index in [9.17, 15) is 9.59 Å². The number of rotatable bonds is 6. The molecule has 2 aromatic rings. The van der Waals surface area contributed by atoms with E-state index in [4.69, 9.17) is 5.11 Å². The molecular formula is C12H14N4O3. The molecule has 0 spiro atoms. The van der Waals surface area contributed by atoms with Gasteiger partial charge in [-0.2, -0.15) is 15.4 Å². The van der Waals surface area contributed by atoms with Crippen LogP contribution in [0, 0.1) is 0 Å². The molecule has 100 valence electrons. The minimum absolute atomic E-state index is 0.0954. The predicted molar refractivity (Wildman–Crippen MR) is 68.6 cm³/mol. The predicted octanol–water partition coefficient (Wildman–Crippen LogP) is 1.54. The third-order valence-corrected chi connectivity index (χ3v) is 2.64. The molecule has 19 heavy (non-hydrogen) atoms. The Hall–Kier alpha value is -2.44. The monoisotopic (exact) mass is 262 g/mol. The molecule has 0 saturated heterocycles. The van der Waals surface area contributed by atoms with Gasteiger partial charge in [-0.15, -0.1) is 0 Å². The van der Waals surface area contributed by atoms with Crippen molar-refractivity contribution in [1.29, 1.82) is 0 Å². The number of carboxylic acid groups (broad SMARTS) is 1. The third kappa shape index (κ3) is 3.77. The minimum Gasteiger partial charge on any atom is -0.481 e. The molecule has 0 atom stereocenters. The van der Waals surface area contributed by atoms with Crippen LogP contribution >= 0.6 is 0 Å². The lowest BCUT2D eigenvalue weighted by Gasteiger charge is -2.04. The van der Waals surface area contributed by atoms with E-state index in [1.807, 2.05) is 0 Å². The number of amides is 1. The van der Waals surface area contributed by atoms with Gasteiger partial charge in [0.25, 0.3) is 0 Å². The molecular weight excluding hydrogens is 248 g/mol. The summed E-state index contributed by atoms with van der Waals surface area (Å²) in [5.41, 5.74) is 2.08. The van der Waals surface area contributed by atoms with Crippen molar-refractivity contribution in [2.24, 2.45) is 0 Å². The molecule has 0 fully saturated rings. The fraction of sp³-hybridized carbons (Fsp3) is 0.333. The van der Waals surface area contributed by atoms with Gasteiger partial charge in [-0.05, 0) is 31.0 Å². The fourth-order valence-electron chi connectivity index (χ4n) is 1.70. The number of H-pyrrole nitrogens is 1. The Labute approximate surface area is 109 Å². The maximum Gasteiger partial charge on any atom is 0.303 e. The lowest BCUT2D eigenvalue weighted by Crippen LogP contribution is -2.11. The number of benzene rings is 1. The maximum absolute atomic E-state index is 11.6. The van der Waals surface area contributed by atoms with Crippen molar-refractivity contribution >= 4 is 28.6 Å². The smallest absolute Gasteiger partial charge is 0.303 e. The second-order valence-corrected chi connectivity index (χ2v) is 4.18. The molecule has 7 nitrogen and oxygen atoms in total. The number of aromatic amines is 1. The Kier molecular flexibility index (Phi) is 4.07. The summed E-state index contributed by atoms with van der Waals surface area (Å²) in [7, 11) is 0. The number of anilines is 1. The molecule has 0 aliphatic rings. The van der Waals surface area contributed by atoms with Crippen molar-refractivity contribution < 1.29 is 14.7 Å². The molecule has 0 aliphatic carbocycles. The van der Waals surface area contributed by atoms with E-state index in [2.05, 4.69) is 20.7 Å². The zero-order valence-electron chi connectivity index (χ0n) is 10.2. The molecule has 2 rings (SSSR count). The number of carboxylic acids is 1. The van der Waals surface area contributed by atoms with E-state index in [1.165, 1.54) is 0 Å². The number of hydrogen-bond donors (Lipinski definition) is 3. The van der Waals surface area contributed by atoms with Gasteiger partial charge in [0, 0.05) is 18.5 Å². The molecule has 3 N–H and O–H groups in total. The molecule has 1 aromatic heterocycles. The SMILES string of the molecule is O=C(O)CCCCC(=O)Nc1ccc2n[nH]nc2c1. The Bertz CT molecular complexity index is 593. The first kappa shape index (κ1) is 13.0. The van der Waals surface area contributed by atoms with Crippen LogP contribution in [-0.2, 0) is 9.59 Å². The molecule has 0 saturated carbocycles. The molecule has 0 aliphatic heterocycles. The number of nitrogens with zero attached hydrogens (tertiary/aromatic N) is 2. The van der Waals surface area contributed by atoms with Crippen LogP contribution in [0.3, 0.4) is 0 Å². The molecule has 1 heterocycles. The second kappa shape index (κ2) is 5.94. The molecule has 0 bridgehead atoms. The number of aromatic nitrogens is 3. The first-order chi connectivity index (χ1) is 9.15. The van der Waals surface area contributed by atoms with Gasteiger partial charge in [0.2, 0.25) is 5.91 Å². The normalized spacial score (nSPS) is 10.5. The largest absolute Gasteiger partial charge is 0.481 e. The highest BCUT2D eigenvalue weighted by Gasteiger charge is 2.05. The van der Waals surface area contributed by atoms with Crippen molar-refractivity contribution in [2.75, 3.05) is 5.32 Å². The number of fused-ring (bicyclic) bond motifs is 1. The molecule has 1 amide bonds.